The Morgan fingerprint density at radius 1 is 1.04 bits per heavy atom. The van der Waals surface area contributed by atoms with Crippen LogP contribution < -0.4 is 14.2 Å². The fourth-order valence-corrected chi connectivity index (χ4v) is 3.31. The molecule has 0 aliphatic rings. The van der Waals surface area contributed by atoms with Crippen LogP contribution in [0.1, 0.15) is 17.3 Å². The lowest BCUT2D eigenvalue weighted by Gasteiger charge is -2.14. The van der Waals surface area contributed by atoms with E-state index in [-0.39, 0.29) is 27.1 Å². The number of halogens is 1. The molecule has 0 radical (unpaired) electrons. The molecule has 0 amide bonds. The highest BCUT2D eigenvalue weighted by molar-refractivity contribution is 7.92. The normalized spacial score (nSPS) is 11.0. The first-order chi connectivity index (χ1) is 11.3. The maximum atomic E-state index is 12.5. The third kappa shape index (κ3) is 3.80. The fraction of sp³-hybridized carbons (Fsp3) is 0.188. The molecule has 0 heterocycles. The van der Waals surface area contributed by atoms with Crippen LogP contribution in [0.2, 0.25) is 5.02 Å². The number of sulfonamides is 1. The van der Waals surface area contributed by atoms with Crippen LogP contribution in [0.3, 0.4) is 0 Å². The van der Waals surface area contributed by atoms with E-state index in [1.165, 1.54) is 57.5 Å². The van der Waals surface area contributed by atoms with Gasteiger partial charge in [-0.2, -0.15) is 0 Å². The molecule has 0 fully saturated rings. The van der Waals surface area contributed by atoms with E-state index < -0.39 is 10.0 Å². The lowest BCUT2D eigenvalue weighted by Crippen LogP contribution is -2.14. The van der Waals surface area contributed by atoms with Crippen molar-refractivity contribution in [3.8, 4) is 11.5 Å². The first kappa shape index (κ1) is 18.1. The van der Waals surface area contributed by atoms with Crippen LogP contribution in [0.25, 0.3) is 0 Å². The summed E-state index contributed by atoms with van der Waals surface area (Å²) in [6.45, 7) is 1.41. The number of anilines is 1. The zero-order valence-electron chi connectivity index (χ0n) is 13.3. The summed E-state index contributed by atoms with van der Waals surface area (Å²) in [5, 5.41) is 0.239. The van der Waals surface area contributed by atoms with Crippen molar-refractivity contribution >= 4 is 33.1 Å². The molecule has 128 valence electrons. The third-order valence-electron chi connectivity index (χ3n) is 3.29. The Labute approximate surface area is 145 Å². The van der Waals surface area contributed by atoms with Crippen molar-refractivity contribution in [2.75, 3.05) is 18.9 Å². The summed E-state index contributed by atoms with van der Waals surface area (Å²) in [6.07, 6.45) is 0. The number of nitrogens with one attached hydrogen (secondary N) is 1. The minimum absolute atomic E-state index is 0.0153. The molecular formula is C16H16ClNO5S. The number of ketones is 1. The smallest absolute Gasteiger partial charge is 0.262 e. The Hall–Kier alpha value is -2.25. The zero-order valence-corrected chi connectivity index (χ0v) is 14.9. The van der Waals surface area contributed by atoms with Gasteiger partial charge in [0.05, 0.1) is 29.8 Å². The SMILES string of the molecule is COc1cc(OC)c(NS(=O)(=O)c2ccc(C(C)=O)cc2)cc1Cl. The van der Waals surface area contributed by atoms with E-state index >= 15 is 0 Å². The number of hydrogen-bond donors (Lipinski definition) is 1. The summed E-state index contributed by atoms with van der Waals surface area (Å²) in [5.41, 5.74) is 0.609. The molecule has 2 aromatic carbocycles. The van der Waals surface area contributed by atoms with E-state index in [4.69, 9.17) is 21.1 Å². The van der Waals surface area contributed by atoms with Gasteiger partial charge in [0.2, 0.25) is 0 Å². The van der Waals surface area contributed by atoms with Crippen LogP contribution >= 0.6 is 11.6 Å². The lowest BCUT2D eigenvalue weighted by molar-refractivity contribution is 0.101. The Morgan fingerprint density at radius 2 is 1.62 bits per heavy atom. The molecule has 0 unspecified atom stereocenters. The highest BCUT2D eigenvalue weighted by Gasteiger charge is 2.18. The molecule has 0 bridgehead atoms. The average Bonchev–Trinajstić information content (AvgIpc) is 2.55. The lowest BCUT2D eigenvalue weighted by atomic mass is 10.2. The number of benzene rings is 2. The number of ether oxygens (including phenoxy) is 2. The molecule has 0 aliphatic carbocycles. The molecule has 0 saturated carbocycles. The van der Waals surface area contributed by atoms with Crippen LogP contribution in [0.5, 0.6) is 11.5 Å². The summed E-state index contributed by atoms with van der Waals surface area (Å²) in [4.78, 5) is 11.3. The quantitative estimate of drug-likeness (QED) is 0.789. The number of rotatable bonds is 6. The van der Waals surface area contributed by atoms with Gasteiger partial charge in [-0.15, -0.1) is 0 Å². The first-order valence-corrected chi connectivity index (χ1v) is 8.70. The highest BCUT2D eigenvalue weighted by atomic mass is 35.5. The third-order valence-corrected chi connectivity index (χ3v) is 4.97. The van der Waals surface area contributed by atoms with Crippen molar-refractivity contribution in [2.45, 2.75) is 11.8 Å². The van der Waals surface area contributed by atoms with Gasteiger partial charge >= 0.3 is 0 Å². The largest absolute Gasteiger partial charge is 0.495 e. The van der Waals surface area contributed by atoms with Crippen LogP contribution in [0.15, 0.2) is 41.3 Å². The molecule has 24 heavy (non-hydrogen) atoms. The second-order valence-corrected chi connectivity index (χ2v) is 6.96. The molecule has 2 aromatic rings. The summed E-state index contributed by atoms with van der Waals surface area (Å²) < 4.78 is 37.6. The monoisotopic (exact) mass is 369 g/mol. The molecule has 8 heteroatoms. The van der Waals surface area contributed by atoms with Gasteiger partial charge < -0.3 is 9.47 Å². The van der Waals surface area contributed by atoms with Crippen LogP contribution in [-0.4, -0.2) is 28.4 Å². The van der Waals surface area contributed by atoms with E-state index in [1.807, 2.05) is 0 Å². The van der Waals surface area contributed by atoms with E-state index in [9.17, 15) is 13.2 Å². The molecule has 0 aliphatic heterocycles. The predicted octanol–water partition coefficient (Wildman–Crippen LogP) is 3.36. The first-order valence-electron chi connectivity index (χ1n) is 6.84. The number of methoxy groups -OCH3 is 2. The van der Waals surface area contributed by atoms with Crippen LogP contribution in [0, 0.1) is 0 Å². The molecule has 0 saturated heterocycles. The van der Waals surface area contributed by atoms with Crippen molar-refractivity contribution in [3.63, 3.8) is 0 Å². The van der Waals surface area contributed by atoms with Crippen LogP contribution in [0.4, 0.5) is 5.69 Å². The molecule has 2 rings (SSSR count). The fourth-order valence-electron chi connectivity index (χ4n) is 2.01. The predicted molar refractivity (Wildman–Crippen MR) is 91.8 cm³/mol. The van der Waals surface area contributed by atoms with E-state index in [1.54, 1.807) is 0 Å². The standard InChI is InChI=1S/C16H16ClNO5S/c1-10(19)11-4-6-12(7-5-11)24(20,21)18-14-8-13(17)15(22-2)9-16(14)23-3/h4-9,18H,1-3H3. The number of carbonyl (C=O) groups is 1. The zero-order chi connectivity index (χ0) is 17.9. The molecular weight excluding hydrogens is 354 g/mol. The molecule has 6 nitrogen and oxygen atoms in total. The van der Waals surface area contributed by atoms with Crippen molar-refractivity contribution < 1.29 is 22.7 Å². The maximum Gasteiger partial charge on any atom is 0.262 e. The molecule has 0 spiro atoms. The number of Topliss-reactive ketones (excluding diaryl/α,β-unsaturated/α-hetero) is 1. The Bertz CT molecular complexity index is 863. The summed E-state index contributed by atoms with van der Waals surface area (Å²) in [7, 11) is -1.02. The Kier molecular flexibility index (Phi) is 5.36. The van der Waals surface area contributed by atoms with Gasteiger partial charge in [0, 0.05) is 11.6 Å². The van der Waals surface area contributed by atoms with E-state index in [0.29, 0.717) is 11.3 Å². The van der Waals surface area contributed by atoms with Crippen LogP contribution in [-0.2, 0) is 10.0 Å². The summed E-state index contributed by atoms with van der Waals surface area (Å²) >= 11 is 6.04. The Balaban J connectivity index is 2.38. The molecule has 0 aromatic heterocycles. The van der Waals surface area contributed by atoms with E-state index in [2.05, 4.69) is 4.72 Å². The average molecular weight is 370 g/mol. The second kappa shape index (κ2) is 7.11. The van der Waals surface area contributed by atoms with Crippen molar-refractivity contribution in [1.29, 1.82) is 0 Å². The minimum Gasteiger partial charge on any atom is -0.495 e. The number of hydrogen-bond acceptors (Lipinski definition) is 5. The van der Waals surface area contributed by atoms with Crippen molar-refractivity contribution in [3.05, 3.63) is 47.0 Å². The molecule has 0 atom stereocenters. The topological polar surface area (TPSA) is 81.7 Å². The molecule has 1 N–H and O–H groups in total. The van der Waals surface area contributed by atoms with Gasteiger partial charge in [0.15, 0.2) is 5.78 Å². The van der Waals surface area contributed by atoms with Gasteiger partial charge in [-0.05, 0) is 25.1 Å². The summed E-state index contributed by atoms with van der Waals surface area (Å²) in [5.74, 6) is 0.484. The highest BCUT2D eigenvalue weighted by Crippen LogP contribution is 2.36. The van der Waals surface area contributed by atoms with Crippen molar-refractivity contribution in [1.82, 2.24) is 0 Å². The van der Waals surface area contributed by atoms with E-state index in [0.717, 1.165) is 0 Å². The van der Waals surface area contributed by atoms with Gasteiger partial charge in [-0.1, -0.05) is 23.7 Å². The maximum absolute atomic E-state index is 12.5. The van der Waals surface area contributed by atoms with Gasteiger partial charge in [-0.25, -0.2) is 8.42 Å². The van der Waals surface area contributed by atoms with Crippen molar-refractivity contribution in [2.24, 2.45) is 0 Å². The Morgan fingerprint density at radius 3 is 2.12 bits per heavy atom. The van der Waals surface area contributed by atoms with Gasteiger partial charge in [-0.3, -0.25) is 9.52 Å². The van der Waals surface area contributed by atoms with Gasteiger partial charge in [0.25, 0.3) is 10.0 Å². The second-order valence-electron chi connectivity index (χ2n) is 4.87. The number of carbonyl (C=O) groups excluding carboxylic acids is 1. The minimum atomic E-state index is -3.87. The van der Waals surface area contributed by atoms with Gasteiger partial charge in [0.1, 0.15) is 11.5 Å². The summed E-state index contributed by atoms with van der Waals surface area (Å²) in [6, 6.07) is 8.51.